The normalized spacial score (nSPS) is 16.2. The molecule has 2 heterocycles. The second kappa shape index (κ2) is 6.51. The first-order chi connectivity index (χ1) is 8.75. The highest BCUT2D eigenvalue weighted by Gasteiger charge is 2.16. The summed E-state index contributed by atoms with van der Waals surface area (Å²) >= 11 is 0. The van der Waals surface area contributed by atoms with Crippen molar-refractivity contribution >= 4 is 5.91 Å². The fraction of sp³-hybridized carbons (Fsp3) is 0.667. The minimum atomic E-state index is 0.239. The standard InChI is InChI=1S/C12H20N4O2/c1-15(10-11-3-9-18-14-11)6-2-12(17)16-7-4-13-5-8-16/h3,9,13H,2,4-8,10H2,1H3. The van der Waals surface area contributed by atoms with Crippen molar-refractivity contribution in [3.63, 3.8) is 0 Å². The lowest BCUT2D eigenvalue weighted by Crippen LogP contribution is -2.47. The first-order valence-electron chi connectivity index (χ1n) is 6.32. The van der Waals surface area contributed by atoms with Gasteiger partial charge in [-0.3, -0.25) is 9.69 Å². The molecule has 6 heteroatoms. The second-order valence-electron chi connectivity index (χ2n) is 4.61. The Balaban J connectivity index is 1.68. The fourth-order valence-corrected chi connectivity index (χ4v) is 2.03. The van der Waals surface area contributed by atoms with Gasteiger partial charge in [0, 0.05) is 51.8 Å². The van der Waals surface area contributed by atoms with Crippen molar-refractivity contribution in [1.29, 1.82) is 0 Å². The maximum atomic E-state index is 11.9. The van der Waals surface area contributed by atoms with Crippen LogP contribution in [0.1, 0.15) is 12.1 Å². The van der Waals surface area contributed by atoms with Crippen molar-refractivity contribution in [3.8, 4) is 0 Å². The van der Waals surface area contributed by atoms with Gasteiger partial charge in [0.25, 0.3) is 0 Å². The third-order valence-electron chi connectivity index (χ3n) is 3.10. The van der Waals surface area contributed by atoms with Crippen molar-refractivity contribution < 1.29 is 9.32 Å². The van der Waals surface area contributed by atoms with Gasteiger partial charge in [-0.2, -0.15) is 0 Å². The van der Waals surface area contributed by atoms with E-state index >= 15 is 0 Å². The number of amides is 1. The molecule has 100 valence electrons. The molecule has 0 aromatic carbocycles. The SMILES string of the molecule is CN(CCC(=O)N1CCNCC1)Cc1ccon1. The van der Waals surface area contributed by atoms with E-state index in [1.54, 1.807) is 6.26 Å². The molecule has 0 radical (unpaired) electrons. The summed E-state index contributed by atoms with van der Waals surface area (Å²) in [6.45, 7) is 4.92. The Labute approximate surface area is 107 Å². The molecule has 0 spiro atoms. The first kappa shape index (κ1) is 13.0. The number of rotatable bonds is 5. The van der Waals surface area contributed by atoms with Crippen LogP contribution in [0.25, 0.3) is 0 Å². The molecule has 0 bridgehead atoms. The third kappa shape index (κ3) is 3.82. The van der Waals surface area contributed by atoms with E-state index in [0.717, 1.165) is 38.4 Å². The molecule has 0 aliphatic carbocycles. The Morgan fingerprint density at radius 1 is 1.56 bits per heavy atom. The fourth-order valence-electron chi connectivity index (χ4n) is 2.03. The molecule has 0 unspecified atom stereocenters. The zero-order valence-corrected chi connectivity index (χ0v) is 10.8. The van der Waals surface area contributed by atoms with Crippen molar-refractivity contribution in [1.82, 2.24) is 20.3 Å². The molecule has 1 aliphatic heterocycles. The lowest BCUT2D eigenvalue weighted by molar-refractivity contribution is -0.132. The van der Waals surface area contributed by atoms with Crippen molar-refractivity contribution in [2.24, 2.45) is 0 Å². The number of piperazine rings is 1. The molecule has 1 aliphatic rings. The van der Waals surface area contributed by atoms with E-state index in [-0.39, 0.29) is 5.91 Å². The van der Waals surface area contributed by atoms with E-state index in [1.165, 1.54) is 0 Å². The lowest BCUT2D eigenvalue weighted by atomic mass is 10.3. The average molecular weight is 252 g/mol. The van der Waals surface area contributed by atoms with Gasteiger partial charge in [-0.15, -0.1) is 0 Å². The number of carbonyl (C=O) groups is 1. The lowest BCUT2D eigenvalue weighted by Gasteiger charge is -2.28. The smallest absolute Gasteiger partial charge is 0.223 e. The summed E-state index contributed by atoms with van der Waals surface area (Å²) in [6.07, 6.45) is 2.13. The van der Waals surface area contributed by atoms with Gasteiger partial charge in [0.15, 0.2) is 0 Å². The van der Waals surface area contributed by atoms with E-state index in [4.69, 9.17) is 4.52 Å². The van der Waals surface area contributed by atoms with Crippen LogP contribution < -0.4 is 5.32 Å². The first-order valence-corrected chi connectivity index (χ1v) is 6.32. The van der Waals surface area contributed by atoms with Gasteiger partial charge in [-0.25, -0.2) is 0 Å². The van der Waals surface area contributed by atoms with Gasteiger partial charge in [0.1, 0.15) is 6.26 Å². The summed E-state index contributed by atoms with van der Waals surface area (Å²) in [5.74, 6) is 0.239. The zero-order chi connectivity index (χ0) is 12.8. The Morgan fingerprint density at radius 2 is 2.33 bits per heavy atom. The average Bonchev–Trinajstić information content (AvgIpc) is 2.90. The molecule has 1 aromatic rings. The van der Waals surface area contributed by atoms with Crippen LogP contribution in [0, 0.1) is 0 Å². The zero-order valence-electron chi connectivity index (χ0n) is 10.8. The summed E-state index contributed by atoms with van der Waals surface area (Å²) < 4.78 is 4.78. The Kier molecular flexibility index (Phi) is 4.72. The number of nitrogens with one attached hydrogen (secondary N) is 1. The third-order valence-corrected chi connectivity index (χ3v) is 3.10. The van der Waals surface area contributed by atoms with Crippen LogP contribution in [0.3, 0.4) is 0 Å². The van der Waals surface area contributed by atoms with Crippen LogP contribution in [0.5, 0.6) is 0 Å². The predicted molar refractivity (Wildman–Crippen MR) is 66.9 cm³/mol. The molecule has 2 rings (SSSR count). The van der Waals surface area contributed by atoms with E-state index in [2.05, 4.69) is 15.4 Å². The van der Waals surface area contributed by atoms with Crippen LogP contribution in [0.4, 0.5) is 0 Å². The Hall–Kier alpha value is -1.40. The molecule has 1 amide bonds. The van der Waals surface area contributed by atoms with E-state index in [1.807, 2.05) is 18.0 Å². The monoisotopic (exact) mass is 252 g/mol. The molecule has 1 aromatic heterocycles. The van der Waals surface area contributed by atoms with Gasteiger partial charge in [0.05, 0.1) is 5.69 Å². The van der Waals surface area contributed by atoms with Crippen LogP contribution in [-0.4, -0.2) is 60.6 Å². The summed E-state index contributed by atoms with van der Waals surface area (Å²) in [6, 6.07) is 1.84. The summed E-state index contributed by atoms with van der Waals surface area (Å²) in [7, 11) is 1.99. The van der Waals surface area contributed by atoms with Crippen LogP contribution in [0.15, 0.2) is 16.9 Å². The predicted octanol–water partition coefficient (Wildman–Crippen LogP) is -0.0717. The summed E-state index contributed by atoms with van der Waals surface area (Å²) in [5, 5.41) is 7.09. The van der Waals surface area contributed by atoms with E-state index < -0.39 is 0 Å². The summed E-state index contributed by atoms with van der Waals surface area (Å²) in [4.78, 5) is 16.0. The number of nitrogens with zero attached hydrogens (tertiary/aromatic N) is 3. The van der Waals surface area contributed by atoms with Gasteiger partial charge < -0.3 is 14.7 Å². The van der Waals surface area contributed by atoms with Crippen LogP contribution >= 0.6 is 0 Å². The Morgan fingerprint density at radius 3 is 3.00 bits per heavy atom. The highest BCUT2D eigenvalue weighted by Crippen LogP contribution is 2.02. The topological polar surface area (TPSA) is 61.6 Å². The molecular formula is C12H20N4O2. The molecule has 1 fully saturated rings. The van der Waals surface area contributed by atoms with Crippen molar-refractivity contribution in [3.05, 3.63) is 18.0 Å². The van der Waals surface area contributed by atoms with Crippen molar-refractivity contribution in [2.75, 3.05) is 39.8 Å². The van der Waals surface area contributed by atoms with Gasteiger partial charge in [-0.1, -0.05) is 5.16 Å². The van der Waals surface area contributed by atoms with Gasteiger partial charge in [-0.05, 0) is 7.05 Å². The molecule has 1 saturated heterocycles. The minimum Gasteiger partial charge on any atom is -0.364 e. The molecule has 0 atom stereocenters. The molecule has 6 nitrogen and oxygen atoms in total. The number of hydrogen-bond donors (Lipinski definition) is 1. The van der Waals surface area contributed by atoms with Gasteiger partial charge >= 0.3 is 0 Å². The van der Waals surface area contributed by atoms with Crippen LogP contribution in [-0.2, 0) is 11.3 Å². The van der Waals surface area contributed by atoms with E-state index in [9.17, 15) is 4.79 Å². The maximum absolute atomic E-state index is 11.9. The molecular weight excluding hydrogens is 232 g/mol. The second-order valence-corrected chi connectivity index (χ2v) is 4.61. The van der Waals surface area contributed by atoms with Gasteiger partial charge in [0.2, 0.25) is 5.91 Å². The number of carbonyl (C=O) groups excluding carboxylic acids is 1. The quantitative estimate of drug-likeness (QED) is 0.795. The maximum Gasteiger partial charge on any atom is 0.223 e. The number of hydrogen-bond acceptors (Lipinski definition) is 5. The van der Waals surface area contributed by atoms with Crippen LogP contribution in [0.2, 0.25) is 0 Å². The van der Waals surface area contributed by atoms with Crippen molar-refractivity contribution in [2.45, 2.75) is 13.0 Å². The molecule has 18 heavy (non-hydrogen) atoms. The minimum absolute atomic E-state index is 0.239. The largest absolute Gasteiger partial charge is 0.364 e. The van der Waals surface area contributed by atoms with E-state index in [0.29, 0.717) is 13.0 Å². The highest BCUT2D eigenvalue weighted by atomic mass is 16.5. The molecule has 1 N–H and O–H groups in total. The highest BCUT2D eigenvalue weighted by molar-refractivity contribution is 5.76. The Bertz CT molecular complexity index is 360. The molecule has 0 saturated carbocycles. The number of aromatic nitrogens is 1. The summed E-state index contributed by atoms with van der Waals surface area (Å²) in [5.41, 5.74) is 0.895.